The third kappa shape index (κ3) is 4.23. The van der Waals surface area contributed by atoms with Crippen LogP contribution < -0.4 is 5.32 Å². The van der Waals surface area contributed by atoms with Crippen molar-refractivity contribution in [2.45, 2.75) is 52.2 Å². The Kier molecular flexibility index (Phi) is 5.87. The number of nitrogens with zero attached hydrogens (tertiary/aromatic N) is 3. The van der Waals surface area contributed by atoms with Crippen LogP contribution in [0.25, 0.3) is 0 Å². The van der Waals surface area contributed by atoms with Crippen LogP contribution >= 0.6 is 0 Å². The van der Waals surface area contributed by atoms with Crippen LogP contribution in [0.2, 0.25) is 0 Å². The van der Waals surface area contributed by atoms with Gasteiger partial charge in [0.05, 0.1) is 6.33 Å². The van der Waals surface area contributed by atoms with Crippen LogP contribution in [0.5, 0.6) is 0 Å². The number of imidazole rings is 1. The maximum atomic E-state index is 4.07. The van der Waals surface area contributed by atoms with E-state index in [0.717, 1.165) is 19.6 Å². The molecule has 2 aromatic rings. The highest BCUT2D eigenvalue weighted by molar-refractivity contribution is 5.15. The van der Waals surface area contributed by atoms with Gasteiger partial charge in [0, 0.05) is 43.9 Å². The second-order valence-corrected chi connectivity index (χ2v) is 5.28. The molecule has 0 amide bonds. The Bertz CT molecular complexity index is 472. The zero-order chi connectivity index (χ0) is 14.2. The van der Waals surface area contributed by atoms with Gasteiger partial charge in [-0.25, -0.2) is 4.98 Å². The average Bonchev–Trinajstić information content (AvgIpc) is 3.12. The van der Waals surface area contributed by atoms with Crippen molar-refractivity contribution >= 4 is 0 Å². The fourth-order valence-electron chi connectivity index (χ4n) is 2.45. The van der Waals surface area contributed by atoms with Gasteiger partial charge < -0.3 is 14.5 Å². The van der Waals surface area contributed by atoms with Crippen LogP contribution in [0.15, 0.2) is 37.2 Å². The van der Waals surface area contributed by atoms with Crippen molar-refractivity contribution in [3.05, 3.63) is 42.7 Å². The lowest BCUT2D eigenvalue weighted by molar-refractivity contribution is 0.492. The molecule has 0 aliphatic heterocycles. The normalized spacial score (nSPS) is 12.7. The predicted molar refractivity (Wildman–Crippen MR) is 82.6 cm³/mol. The Hall–Kier alpha value is -1.55. The Morgan fingerprint density at radius 2 is 2.00 bits per heavy atom. The lowest BCUT2D eigenvalue weighted by Crippen LogP contribution is -2.21. The molecule has 0 fully saturated rings. The Balaban J connectivity index is 1.91. The maximum absolute atomic E-state index is 4.07. The summed E-state index contributed by atoms with van der Waals surface area (Å²) < 4.78 is 4.38. The SMILES string of the molecule is CCCNC(CCC)c1ccn(CCn2ccnc2)c1. The standard InChI is InChI=1S/C16H26N4/c1-3-5-16(18-7-4-2)15-6-9-19(13-15)11-12-20-10-8-17-14-20/h6,8-10,13-14,16,18H,3-5,7,11-12H2,1-2H3. The van der Waals surface area contributed by atoms with Crippen molar-refractivity contribution in [3.63, 3.8) is 0 Å². The first-order valence-electron chi connectivity index (χ1n) is 7.68. The average molecular weight is 274 g/mol. The van der Waals surface area contributed by atoms with E-state index in [2.05, 4.69) is 51.7 Å². The van der Waals surface area contributed by atoms with E-state index in [0.29, 0.717) is 6.04 Å². The Labute approximate surface area is 121 Å². The number of rotatable bonds is 9. The molecule has 4 heteroatoms. The zero-order valence-corrected chi connectivity index (χ0v) is 12.6. The summed E-state index contributed by atoms with van der Waals surface area (Å²) in [7, 11) is 0. The fraction of sp³-hybridized carbons (Fsp3) is 0.562. The number of hydrogen-bond donors (Lipinski definition) is 1. The minimum absolute atomic E-state index is 0.495. The van der Waals surface area contributed by atoms with Crippen molar-refractivity contribution in [3.8, 4) is 0 Å². The number of aryl methyl sites for hydroxylation is 2. The van der Waals surface area contributed by atoms with Crippen molar-refractivity contribution in [1.82, 2.24) is 19.4 Å². The van der Waals surface area contributed by atoms with Crippen molar-refractivity contribution in [2.24, 2.45) is 0 Å². The van der Waals surface area contributed by atoms with Crippen LogP contribution in [0.3, 0.4) is 0 Å². The van der Waals surface area contributed by atoms with Gasteiger partial charge in [-0.15, -0.1) is 0 Å². The lowest BCUT2D eigenvalue weighted by atomic mass is 10.1. The summed E-state index contributed by atoms with van der Waals surface area (Å²) in [5.41, 5.74) is 1.41. The van der Waals surface area contributed by atoms with Gasteiger partial charge in [0.2, 0.25) is 0 Å². The van der Waals surface area contributed by atoms with Crippen molar-refractivity contribution in [2.75, 3.05) is 6.54 Å². The monoisotopic (exact) mass is 274 g/mol. The first-order valence-corrected chi connectivity index (χ1v) is 7.68. The third-order valence-electron chi connectivity index (χ3n) is 3.57. The van der Waals surface area contributed by atoms with Crippen LogP contribution in [0.4, 0.5) is 0 Å². The van der Waals surface area contributed by atoms with E-state index in [1.165, 1.54) is 24.8 Å². The summed E-state index contributed by atoms with van der Waals surface area (Å²) in [5, 5.41) is 3.64. The fourth-order valence-corrected chi connectivity index (χ4v) is 2.45. The largest absolute Gasteiger partial charge is 0.352 e. The minimum atomic E-state index is 0.495. The van der Waals surface area contributed by atoms with Gasteiger partial charge in [0.25, 0.3) is 0 Å². The third-order valence-corrected chi connectivity index (χ3v) is 3.57. The molecular formula is C16H26N4. The van der Waals surface area contributed by atoms with Gasteiger partial charge in [0.1, 0.15) is 0 Å². The second-order valence-electron chi connectivity index (χ2n) is 5.28. The quantitative estimate of drug-likeness (QED) is 0.762. The van der Waals surface area contributed by atoms with Crippen molar-refractivity contribution < 1.29 is 0 Å². The molecule has 0 aromatic carbocycles. The lowest BCUT2D eigenvalue weighted by Gasteiger charge is -2.16. The predicted octanol–water partition coefficient (Wildman–Crippen LogP) is 3.23. The Morgan fingerprint density at radius 1 is 1.15 bits per heavy atom. The minimum Gasteiger partial charge on any atom is -0.352 e. The molecule has 0 aliphatic carbocycles. The molecule has 0 radical (unpaired) electrons. The number of hydrogen-bond acceptors (Lipinski definition) is 2. The molecule has 4 nitrogen and oxygen atoms in total. The molecule has 0 saturated carbocycles. The van der Waals surface area contributed by atoms with Gasteiger partial charge in [-0.2, -0.15) is 0 Å². The summed E-state index contributed by atoms with van der Waals surface area (Å²) in [6.45, 7) is 7.51. The van der Waals surface area contributed by atoms with Crippen LogP contribution in [0.1, 0.15) is 44.7 Å². The van der Waals surface area contributed by atoms with E-state index in [4.69, 9.17) is 0 Å². The summed E-state index contributed by atoms with van der Waals surface area (Å²) in [6.07, 6.45) is 13.8. The molecule has 1 unspecified atom stereocenters. The molecule has 2 aromatic heterocycles. The molecule has 0 aliphatic rings. The molecule has 0 bridgehead atoms. The molecule has 1 atom stereocenters. The molecule has 0 spiro atoms. The van der Waals surface area contributed by atoms with Gasteiger partial charge in [0.15, 0.2) is 0 Å². The Morgan fingerprint density at radius 3 is 2.70 bits per heavy atom. The maximum Gasteiger partial charge on any atom is 0.0946 e. The molecule has 110 valence electrons. The van der Waals surface area contributed by atoms with E-state index in [1.54, 1.807) is 0 Å². The highest BCUT2D eigenvalue weighted by atomic mass is 15.1. The summed E-state index contributed by atoms with van der Waals surface area (Å²) in [5.74, 6) is 0. The zero-order valence-electron chi connectivity index (χ0n) is 12.6. The van der Waals surface area contributed by atoms with Crippen LogP contribution in [0, 0.1) is 0 Å². The number of aromatic nitrogens is 3. The first-order chi connectivity index (χ1) is 9.83. The van der Waals surface area contributed by atoms with E-state index >= 15 is 0 Å². The van der Waals surface area contributed by atoms with Crippen molar-refractivity contribution in [1.29, 1.82) is 0 Å². The molecular weight excluding hydrogens is 248 g/mol. The topological polar surface area (TPSA) is 34.8 Å². The summed E-state index contributed by atoms with van der Waals surface area (Å²) in [6, 6.07) is 2.74. The van der Waals surface area contributed by atoms with E-state index < -0.39 is 0 Å². The summed E-state index contributed by atoms with van der Waals surface area (Å²) >= 11 is 0. The molecule has 2 rings (SSSR count). The van der Waals surface area contributed by atoms with Crippen LogP contribution in [-0.2, 0) is 13.1 Å². The molecule has 0 saturated heterocycles. The molecule has 20 heavy (non-hydrogen) atoms. The van der Waals surface area contributed by atoms with Gasteiger partial charge in [-0.05, 0) is 31.0 Å². The van der Waals surface area contributed by atoms with Gasteiger partial charge in [-0.3, -0.25) is 0 Å². The van der Waals surface area contributed by atoms with E-state index in [-0.39, 0.29) is 0 Å². The van der Waals surface area contributed by atoms with Gasteiger partial charge in [-0.1, -0.05) is 20.3 Å². The van der Waals surface area contributed by atoms with Crippen LogP contribution in [-0.4, -0.2) is 20.7 Å². The second kappa shape index (κ2) is 7.90. The highest BCUT2D eigenvalue weighted by Gasteiger charge is 2.10. The number of nitrogens with one attached hydrogen (secondary N) is 1. The highest BCUT2D eigenvalue weighted by Crippen LogP contribution is 2.19. The van der Waals surface area contributed by atoms with E-state index in [9.17, 15) is 0 Å². The van der Waals surface area contributed by atoms with Gasteiger partial charge >= 0.3 is 0 Å². The molecule has 2 heterocycles. The summed E-state index contributed by atoms with van der Waals surface area (Å²) in [4.78, 5) is 4.07. The van der Waals surface area contributed by atoms with E-state index in [1.807, 2.05) is 18.7 Å². The smallest absolute Gasteiger partial charge is 0.0946 e. The molecule has 1 N–H and O–H groups in total. The first kappa shape index (κ1) is 14.9.